The largest absolute Gasteiger partial charge is 0.389 e. The van der Waals surface area contributed by atoms with E-state index in [4.69, 9.17) is 0 Å². The van der Waals surface area contributed by atoms with Gasteiger partial charge in [0.1, 0.15) is 5.82 Å². The molecule has 0 fully saturated rings. The van der Waals surface area contributed by atoms with Gasteiger partial charge in [-0.1, -0.05) is 12.1 Å². The summed E-state index contributed by atoms with van der Waals surface area (Å²) in [6, 6.07) is 5.87. The van der Waals surface area contributed by atoms with E-state index >= 15 is 0 Å². The fourth-order valence-electron chi connectivity index (χ4n) is 2.01. The van der Waals surface area contributed by atoms with Gasteiger partial charge in [0.15, 0.2) is 0 Å². The molecule has 0 saturated carbocycles. The van der Waals surface area contributed by atoms with E-state index in [9.17, 15) is 9.50 Å². The molecule has 0 aliphatic rings. The van der Waals surface area contributed by atoms with Crippen LogP contribution in [-0.2, 0) is 0 Å². The molecule has 1 aromatic heterocycles. The standard InChI is InChI=1S/C13H16FN3O/c1-15-8-12(18)13(17-7-6-16-9-17)10-2-4-11(14)5-3-10/h2-7,9,12-13,15,18H,8H2,1H3. The number of hydrogen-bond donors (Lipinski definition) is 2. The third-order valence-corrected chi connectivity index (χ3v) is 2.84. The van der Waals surface area contributed by atoms with Crippen LogP contribution in [0.3, 0.4) is 0 Å². The molecule has 1 heterocycles. The van der Waals surface area contributed by atoms with Crippen LogP contribution in [0.15, 0.2) is 43.0 Å². The van der Waals surface area contributed by atoms with E-state index in [2.05, 4.69) is 10.3 Å². The van der Waals surface area contributed by atoms with Gasteiger partial charge in [0.25, 0.3) is 0 Å². The van der Waals surface area contributed by atoms with Gasteiger partial charge in [-0.05, 0) is 24.7 Å². The molecule has 2 rings (SSSR count). The van der Waals surface area contributed by atoms with Crippen LogP contribution in [0.2, 0.25) is 0 Å². The first kappa shape index (κ1) is 12.7. The maximum absolute atomic E-state index is 12.9. The van der Waals surface area contributed by atoms with E-state index in [1.54, 1.807) is 37.9 Å². The second-order valence-corrected chi connectivity index (χ2v) is 4.13. The van der Waals surface area contributed by atoms with E-state index in [0.717, 1.165) is 5.56 Å². The smallest absolute Gasteiger partial charge is 0.123 e. The molecule has 1 aromatic carbocycles. The van der Waals surface area contributed by atoms with Gasteiger partial charge in [0, 0.05) is 18.9 Å². The zero-order valence-electron chi connectivity index (χ0n) is 10.1. The van der Waals surface area contributed by atoms with Crippen molar-refractivity contribution in [2.24, 2.45) is 0 Å². The van der Waals surface area contributed by atoms with Crippen molar-refractivity contribution in [2.45, 2.75) is 12.1 Å². The lowest BCUT2D eigenvalue weighted by atomic mass is 10.0. The van der Waals surface area contributed by atoms with Crippen LogP contribution in [0.1, 0.15) is 11.6 Å². The predicted molar refractivity (Wildman–Crippen MR) is 66.7 cm³/mol. The van der Waals surface area contributed by atoms with Gasteiger partial charge in [0.05, 0.1) is 18.5 Å². The summed E-state index contributed by atoms with van der Waals surface area (Å²) in [5.74, 6) is -0.286. The van der Waals surface area contributed by atoms with Gasteiger partial charge in [-0.25, -0.2) is 9.37 Å². The molecular formula is C13H16FN3O. The number of aliphatic hydroxyl groups excluding tert-OH is 1. The molecule has 0 aliphatic carbocycles. The van der Waals surface area contributed by atoms with Crippen LogP contribution >= 0.6 is 0 Å². The molecule has 0 saturated heterocycles. The Morgan fingerprint density at radius 3 is 2.67 bits per heavy atom. The van der Waals surface area contributed by atoms with Crippen molar-refractivity contribution in [2.75, 3.05) is 13.6 Å². The van der Waals surface area contributed by atoms with Gasteiger partial charge in [-0.2, -0.15) is 0 Å². The van der Waals surface area contributed by atoms with Crippen molar-refractivity contribution in [1.82, 2.24) is 14.9 Å². The number of imidazole rings is 1. The van der Waals surface area contributed by atoms with E-state index in [0.29, 0.717) is 6.54 Å². The number of halogens is 1. The maximum Gasteiger partial charge on any atom is 0.123 e. The minimum Gasteiger partial charge on any atom is -0.389 e. The summed E-state index contributed by atoms with van der Waals surface area (Å²) in [5.41, 5.74) is 0.845. The fourth-order valence-corrected chi connectivity index (χ4v) is 2.01. The number of nitrogens with zero attached hydrogens (tertiary/aromatic N) is 2. The fraction of sp³-hybridized carbons (Fsp3) is 0.308. The van der Waals surface area contributed by atoms with Crippen molar-refractivity contribution in [3.8, 4) is 0 Å². The molecule has 96 valence electrons. The van der Waals surface area contributed by atoms with Crippen LogP contribution in [0.4, 0.5) is 4.39 Å². The highest BCUT2D eigenvalue weighted by Gasteiger charge is 2.22. The minimum absolute atomic E-state index is 0.277. The third kappa shape index (κ3) is 2.75. The number of benzene rings is 1. The first-order valence-electron chi connectivity index (χ1n) is 5.78. The van der Waals surface area contributed by atoms with Crippen LogP contribution in [0.5, 0.6) is 0 Å². The molecule has 0 spiro atoms. The van der Waals surface area contributed by atoms with Gasteiger partial charge < -0.3 is 15.0 Å². The number of likely N-dealkylation sites (N-methyl/N-ethyl adjacent to an activating group) is 1. The molecular weight excluding hydrogens is 233 g/mol. The zero-order valence-corrected chi connectivity index (χ0v) is 10.1. The highest BCUT2D eigenvalue weighted by Crippen LogP contribution is 2.22. The van der Waals surface area contributed by atoms with Gasteiger partial charge in [0.2, 0.25) is 0 Å². The Labute approximate surface area is 105 Å². The van der Waals surface area contributed by atoms with Crippen molar-refractivity contribution in [1.29, 1.82) is 0 Å². The minimum atomic E-state index is -0.616. The second kappa shape index (κ2) is 5.75. The van der Waals surface area contributed by atoms with Gasteiger partial charge >= 0.3 is 0 Å². The summed E-state index contributed by atoms with van der Waals surface area (Å²) in [7, 11) is 1.78. The second-order valence-electron chi connectivity index (χ2n) is 4.13. The molecule has 0 bridgehead atoms. The van der Waals surface area contributed by atoms with Crippen molar-refractivity contribution in [3.63, 3.8) is 0 Å². The van der Waals surface area contributed by atoms with E-state index in [-0.39, 0.29) is 11.9 Å². The zero-order chi connectivity index (χ0) is 13.0. The van der Waals surface area contributed by atoms with Crippen molar-refractivity contribution in [3.05, 3.63) is 54.4 Å². The third-order valence-electron chi connectivity index (χ3n) is 2.84. The number of aromatic nitrogens is 2. The van der Waals surface area contributed by atoms with Crippen LogP contribution < -0.4 is 5.32 Å². The van der Waals surface area contributed by atoms with E-state index in [1.807, 2.05) is 4.57 Å². The summed E-state index contributed by atoms with van der Waals surface area (Å²) in [6.07, 6.45) is 4.47. The average molecular weight is 249 g/mol. The number of hydrogen-bond acceptors (Lipinski definition) is 3. The number of nitrogens with one attached hydrogen (secondary N) is 1. The van der Waals surface area contributed by atoms with Crippen molar-refractivity contribution >= 4 is 0 Å². The Balaban J connectivity index is 2.33. The quantitative estimate of drug-likeness (QED) is 0.837. The summed E-state index contributed by atoms with van der Waals surface area (Å²) in [5, 5.41) is 13.1. The summed E-state index contributed by atoms with van der Waals surface area (Å²) in [4.78, 5) is 3.99. The van der Waals surface area contributed by atoms with Crippen LogP contribution in [0.25, 0.3) is 0 Å². The topological polar surface area (TPSA) is 50.1 Å². The first-order chi connectivity index (χ1) is 8.72. The SMILES string of the molecule is CNCC(O)C(c1ccc(F)cc1)n1ccnc1. The Morgan fingerprint density at radius 1 is 1.39 bits per heavy atom. The summed E-state index contributed by atoms with van der Waals surface area (Å²) >= 11 is 0. The Bertz CT molecular complexity index is 469. The summed E-state index contributed by atoms with van der Waals surface area (Å²) < 4.78 is 14.8. The van der Waals surface area contributed by atoms with E-state index < -0.39 is 6.10 Å². The van der Waals surface area contributed by atoms with E-state index in [1.165, 1.54) is 12.1 Å². The average Bonchev–Trinajstić information content (AvgIpc) is 2.86. The molecule has 5 heteroatoms. The normalized spacial score (nSPS) is 14.4. The monoisotopic (exact) mass is 249 g/mol. The summed E-state index contributed by atoms with van der Waals surface area (Å²) in [6.45, 7) is 0.445. The Hall–Kier alpha value is -1.72. The molecule has 18 heavy (non-hydrogen) atoms. The first-order valence-corrected chi connectivity index (χ1v) is 5.78. The Morgan fingerprint density at radius 2 is 2.11 bits per heavy atom. The maximum atomic E-state index is 12.9. The molecule has 2 N–H and O–H groups in total. The lowest BCUT2D eigenvalue weighted by Gasteiger charge is -2.24. The number of aliphatic hydroxyl groups is 1. The molecule has 2 unspecified atom stereocenters. The van der Waals surface area contributed by atoms with Gasteiger partial charge in [-0.15, -0.1) is 0 Å². The highest BCUT2D eigenvalue weighted by molar-refractivity contribution is 5.22. The molecule has 0 amide bonds. The molecule has 0 aliphatic heterocycles. The van der Waals surface area contributed by atoms with Crippen LogP contribution in [-0.4, -0.2) is 34.4 Å². The predicted octanol–water partition coefficient (Wildman–Crippen LogP) is 1.19. The van der Waals surface area contributed by atoms with Crippen LogP contribution in [0, 0.1) is 5.82 Å². The molecule has 2 aromatic rings. The molecule has 0 radical (unpaired) electrons. The lowest BCUT2D eigenvalue weighted by Crippen LogP contribution is -2.33. The molecule has 2 atom stereocenters. The van der Waals surface area contributed by atoms with Crippen molar-refractivity contribution < 1.29 is 9.50 Å². The molecule has 4 nitrogen and oxygen atoms in total. The lowest BCUT2D eigenvalue weighted by molar-refractivity contribution is 0.130. The highest BCUT2D eigenvalue weighted by atomic mass is 19.1. The Kier molecular flexibility index (Phi) is 4.07. The van der Waals surface area contributed by atoms with Gasteiger partial charge in [-0.3, -0.25) is 0 Å². The number of rotatable bonds is 5.